The summed E-state index contributed by atoms with van der Waals surface area (Å²) in [6, 6.07) is 25.8. The van der Waals surface area contributed by atoms with Gasteiger partial charge >= 0.3 is 5.97 Å². The third-order valence-electron chi connectivity index (χ3n) is 4.74. The number of hydrogen-bond donors (Lipinski definition) is 1. The van der Waals surface area contributed by atoms with Crippen LogP contribution in [0.15, 0.2) is 96.4 Å². The molecular weight excluding hydrogens is 394 g/mol. The van der Waals surface area contributed by atoms with Crippen LogP contribution in [-0.2, 0) is 19.1 Å². The van der Waals surface area contributed by atoms with Crippen LogP contribution in [0.5, 0.6) is 0 Å². The molecule has 6 nitrogen and oxygen atoms in total. The van der Waals surface area contributed by atoms with Gasteiger partial charge in [0.1, 0.15) is 0 Å². The van der Waals surface area contributed by atoms with Crippen molar-refractivity contribution in [2.24, 2.45) is 0 Å². The van der Waals surface area contributed by atoms with E-state index in [1.807, 2.05) is 48.5 Å². The molecule has 0 aromatic heterocycles. The average molecular weight is 413 g/mol. The first-order chi connectivity index (χ1) is 15.1. The summed E-state index contributed by atoms with van der Waals surface area (Å²) in [5, 5.41) is 2.89. The lowest BCUT2D eigenvalue weighted by Crippen LogP contribution is -2.20. The fraction of sp³-hybridized carbons (Fsp3) is 0.0800. The molecule has 0 saturated carbocycles. The maximum atomic E-state index is 12.5. The van der Waals surface area contributed by atoms with Crippen LogP contribution >= 0.6 is 0 Å². The van der Waals surface area contributed by atoms with Crippen molar-refractivity contribution >= 4 is 23.2 Å². The Morgan fingerprint density at radius 3 is 2.13 bits per heavy atom. The Morgan fingerprint density at radius 2 is 1.45 bits per heavy atom. The molecule has 0 spiro atoms. The summed E-state index contributed by atoms with van der Waals surface area (Å²) in [6.45, 7) is -0.729. The van der Waals surface area contributed by atoms with Gasteiger partial charge in [-0.3, -0.25) is 9.59 Å². The lowest BCUT2D eigenvalue weighted by atomic mass is 10.0. The Labute approximate surface area is 179 Å². The van der Waals surface area contributed by atoms with Gasteiger partial charge in [0.25, 0.3) is 0 Å². The molecule has 0 fully saturated rings. The number of Topliss-reactive ketones (excluding diaryl/α,β-unsaturated/α-hetero) is 2. The van der Waals surface area contributed by atoms with Gasteiger partial charge in [0.2, 0.25) is 11.7 Å². The molecule has 1 aliphatic rings. The highest BCUT2D eigenvalue weighted by atomic mass is 16.5. The molecule has 0 atom stereocenters. The van der Waals surface area contributed by atoms with E-state index in [0.29, 0.717) is 11.3 Å². The number of carbonyl (C=O) groups is 3. The first-order valence-electron chi connectivity index (χ1n) is 9.70. The molecule has 0 aliphatic carbocycles. The Morgan fingerprint density at radius 1 is 0.839 bits per heavy atom. The summed E-state index contributed by atoms with van der Waals surface area (Å²) in [7, 11) is 0. The standard InChI is InChI=1S/C25H19NO5/c27-21(19-13-11-18(12-14-19)17-7-3-1-4-8-17)15-31-25(29)23-22(28)16-30-24(23)26-20-9-5-2-6-10-20/h1-14,26H,15-16H2. The minimum atomic E-state index is -0.893. The van der Waals surface area contributed by atoms with Gasteiger partial charge in [0, 0.05) is 11.3 Å². The minimum Gasteiger partial charge on any atom is -0.470 e. The summed E-state index contributed by atoms with van der Waals surface area (Å²) in [4.78, 5) is 37.0. The molecule has 0 saturated heterocycles. The number of ketones is 2. The molecule has 0 unspecified atom stereocenters. The number of rotatable bonds is 7. The number of esters is 1. The monoisotopic (exact) mass is 413 g/mol. The van der Waals surface area contributed by atoms with E-state index in [9.17, 15) is 14.4 Å². The zero-order valence-corrected chi connectivity index (χ0v) is 16.5. The number of nitrogens with one attached hydrogen (secondary N) is 1. The van der Waals surface area contributed by atoms with Crippen molar-refractivity contribution in [3.8, 4) is 11.1 Å². The van der Waals surface area contributed by atoms with Gasteiger partial charge in [-0.05, 0) is 23.3 Å². The third-order valence-corrected chi connectivity index (χ3v) is 4.74. The quantitative estimate of drug-likeness (QED) is 0.358. The molecular formula is C25H19NO5. The zero-order chi connectivity index (χ0) is 21.6. The van der Waals surface area contributed by atoms with Crippen LogP contribution in [0.3, 0.4) is 0 Å². The van der Waals surface area contributed by atoms with Gasteiger partial charge < -0.3 is 14.8 Å². The summed E-state index contributed by atoms with van der Waals surface area (Å²) in [5.74, 6) is -1.73. The van der Waals surface area contributed by atoms with Crippen LogP contribution in [0.2, 0.25) is 0 Å². The largest absolute Gasteiger partial charge is 0.470 e. The Balaban J connectivity index is 1.41. The topological polar surface area (TPSA) is 81.7 Å². The molecule has 1 aliphatic heterocycles. The number of benzene rings is 3. The number of hydrogen-bond acceptors (Lipinski definition) is 6. The summed E-state index contributed by atoms with van der Waals surface area (Å²) in [6.07, 6.45) is 0. The molecule has 0 bridgehead atoms. The van der Waals surface area contributed by atoms with Crippen molar-refractivity contribution < 1.29 is 23.9 Å². The maximum absolute atomic E-state index is 12.5. The Bertz CT molecular complexity index is 1140. The summed E-state index contributed by atoms with van der Waals surface area (Å²) in [5.41, 5.74) is 2.86. The lowest BCUT2D eigenvalue weighted by molar-refractivity contribution is -0.139. The van der Waals surface area contributed by atoms with E-state index in [1.165, 1.54) is 0 Å². The van der Waals surface area contributed by atoms with Crippen LogP contribution in [0.4, 0.5) is 5.69 Å². The molecule has 3 aromatic carbocycles. The van der Waals surface area contributed by atoms with Crippen LogP contribution < -0.4 is 5.32 Å². The van der Waals surface area contributed by atoms with Gasteiger partial charge in [0.05, 0.1) is 0 Å². The molecule has 154 valence electrons. The van der Waals surface area contributed by atoms with Crippen molar-refractivity contribution in [3.05, 3.63) is 102 Å². The zero-order valence-electron chi connectivity index (χ0n) is 16.5. The third kappa shape index (κ3) is 4.70. The molecule has 3 aromatic rings. The SMILES string of the molecule is O=C1COC(Nc2ccccc2)=C1C(=O)OCC(=O)c1ccc(-c2ccccc2)cc1. The number of carbonyl (C=O) groups excluding carboxylic acids is 3. The highest BCUT2D eigenvalue weighted by molar-refractivity contribution is 6.20. The fourth-order valence-corrected chi connectivity index (χ4v) is 3.13. The van der Waals surface area contributed by atoms with Crippen LogP contribution in [0.1, 0.15) is 10.4 Å². The molecule has 4 rings (SSSR count). The number of ether oxygens (including phenoxy) is 2. The predicted octanol–water partition coefficient (Wildman–Crippen LogP) is 4.00. The molecule has 31 heavy (non-hydrogen) atoms. The van der Waals surface area contributed by atoms with Gasteiger partial charge in [-0.2, -0.15) is 0 Å². The van der Waals surface area contributed by atoms with E-state index < -0.39 is 18.4 Å². The van der Waals surface area contributed by atoms with Crippen LogP contribution in [0.25, 0.3) is 11.1 Å². The molecule has 1 heterocycles. The van der Waals surface area contributed by atoms with Crippen LogP contribution in [-0.4, -0.2) is 30.7 Å². The van der Waals surface area contributed by atoms with E-state index >= 15 is 0 Å². The first kappa shape index (κ1) is 20.1. The van der Waals surface area contributed by atoms with Crippen molar-refractivity contribution in [1.82, 2.24) is 0 Å². The maximum Gasteiger partial charge on any atom is 0.347 e. The van der Waals surface area contributed by atoms with E-state index in [2.05, 4.69) is 5.32 Å². The second kappa shape index (κ2) is 9.09. The number of anilines is 1. The van der Waals surface area contributed by atoms with Crippen molar-refractivity contribution in [1.29, 1.82) is 0 Å². The van der Waals surface area contributed by atoms with Gasteiger partial charge in [0.15, 0.2) is 24.6 Å². The van der Waals surface area contributed by atoms with Gasteiger partial charge in [-0.1, -0.05) is 72.8 Å². The molecule has 6 heteroatoms. The Kier molecular flexibility index (Phi) is 5.89. The van der Waals surface area contributed by atoms with Crippen LogP contribution in [0, 0.1) is 0 Å². The number of para-hydroxylation sites is 1. The average Bonchev–Trinajstić information content (AvgIpc) is 3.18. The molecule has 0 radical (unpaired) electrons. The molecule has 0 amide bonds. The second-order valence-corrected chi connectivity index (χ2v) is 6.85. The summed E-state index contributed by atoms with van der Waals surface area (Å²) < 4.78 is 10.4. The summed E-state index contributed by atoms with van der Waals surface area (Å²) >= 11 is 0. The second-order valence-electron chi connectivity index (χ2n) is 6.85. The smallest absolute Gasteiger partial charge is 0.347 e. The van der Waals surface area contributed by atoms with Crippen molar-refractivity contribution in [2.75, 3.05) is 18.5 Å². The van der Waals surface area contributed by atoms with Crippen molar-refractivity contribution in [3.63, 3.8) is 0 Å². The van der Waals surface area contributed by atoms with E-state index in [-0.39, 0.29) is 23.8 Å². The highest BCUT2D eigenvalue weighted by Crippen LogP contribution is 2.21. The van der Waals surface area contributed by atoms with Gasteiger partial charge in [-0.25, -0.2) is 4.79 Å². The van der Waals surface area contributed by atoms with Crippen molar-refractivity contribution in [2.45, 2.75) is 0 Å². The lowest BCUT2D eigenvalue weighted by Gasteiger charge is -2.09. The Hall–Kier alpha value is -4.19. The van der Waals surface area contributed by atoms with E-state index in [1.54, 1.807) is 36.4 Å². The first-order valence-corrected chi connectivity index (χ1v) is 9.70. The molecule has 1 N–H and O–H groups in total. The van der Waals surface area contributed by atoms with Gasteiger partial charge in [-0.15, -0.1) is 0 Å². The highest BCUT2D eigenvalue weighted by Gasteiger charge is 2.32. The fourth-order valence-electron chi connectivity index (χ4n) is 3.13. The van der Waals surface area contributed by atoms with E-state index in [4.69, 9.17) is 9.47 Å². The minimum absolute atomic E-state index is 0.0286. The predicted molar refractivity (Wildman–Crippen MR) is 115 cm³/mol. The van der Waals surface area contributed by atoms with E-state index in [0.717, 1.165) is 11.1 Å². The normalized spacial score (nSPS) is 13.0.